The van der Waals surface area contributed by atoms with Gasteiger partial charge in [0.05, 0.1) is 31.2 Å². The second-order valence-corrected chi connectivity index (χ2v) is 6.88. The zero-order valence-corrected chi connectivity index (χ0v) is 18.7. The first kappa shape index (κ1) is 24.0. The smallest absolute Gasteiger partial charge is 0.329 e. The van der Waals surface area contributed by atoms with Crippen molar-refractivity contribution in [2.45, 2.75) is 6.92 Å². The maximum absolute atomic E-state index is 12.7. The van der Waals surface area contributed by atoms with E-state index in [1.54, 1.807) is 73.8 Å². The molecule has 9 heteroatoms. The van der Waals surface area contributed by atoms with Crippen molar-refractivity contribution >= 4 is 35.3 Å². The Morgan fingerprint density at radius 1 is 0.853 bits per heavy atom. The number of hydrogen-bond donors (Lipinski definition) is 3. The minimum atomic E-state index is -0.980. The van der Waals surface area contributed by atoms with Gasteiger partial charge in [-0.2, -0.15) is 5.10 Å². The fourth-order valence-corrected chi connectivity index (χ4v) is 2.87. The molecule has 0 radical (unpaired) electrons. The number of amides is 3. The molecule has 3 amide bonds. The Hall–Kier alpha value is -4.66. The Morgan fingerprint density at radius 3 is 2.21 bits per heavy atom. The molecule has 0 aliphatic heterocycles. The average molecular weight is 460 g/mol. The monoisotopic (exact) mass is 460 g/mol. The zero-order valence-electron chi connectivity index (χ0n) is 18.7. The zero-order chi connectivity index (χ0) is 24.3. The number of carbonyl (C=O) groups excluding carboxylic acids is 3. The molecular weight excluding hydrogens is 436 g/mol. The minimum absolute atomic E-state index is 0.185. The highest BCUT2D eigenvalue weighted by atomic mass is 16.5. The molecule has 0 saturated heterocycles. The summed E-state index contributed by atoms with van der Waals surface area (Å²) in [5.74, 6) is -1.02. The lowest BCUT2D eigenvalue weighted by molar-refractivity contribution is -0.136. The van der Waals surface area contributed by atoms with E-state index in [9.17, 15) is 14.4 Å². The molecule has 0 fully saturated rings. The number of carbonyl (C=O) groups is 3. The van der Waals surface area contributed by atoms with Crippen molar-refractivity contribution in [3.63, 3.8) is 0 Å². The van der Waals surface area contributed by atoms with E-state index >= 15 is 0 Å². The van der Waals surface area contributed by atoms with Crippen molar-refractivity contribution in [1.82, 2.24) is 5.43 Å². The van der Waals surface area contributed by atoms with Gasteiger partial charge in [0, 0.05) is 5.69 Å². The highest BCUT2D eigenvalue weighted by Crippen LogP contribution is 2.20. The van der Waals surface area contributed by atoms with E-state index in [1.165, 1.54) is 12.3 Å². The van der Waals surface area contributed by atoms with E-state index in [-0.39, 0.29) is 11.3 Å². The molecule has 0 spiro atoms. The van der Waals surface area contributed by atoms with Gasteiger partial charge in [-0.15, -0.1) is 0 Å². The van der Waals surface area contributed by atoms with Gasteiger partial charge in [0.2, 0.25) is 0 Å². The number of rotatable bonds is 8. The third kappa shape index (κ3) is 6.67. The van der Waals surface area contributed by atoms with Gasteiger partial charge in [0.25, 0.3) is 5.91 Å². The van der Waals surface area contributed by atoms with Crippen LogP contribution in [0.3, 0.4) is 0 Å². The summed E-state index contributed by atoms with van der Waals surface area (Å²) in [4.78, 5) is 37.2. The van der Waals surface area contributed by atoms with Crippen LogP contribution in [-0.4, -0.2) is 37.7 Å². The fraction of sp³-hybridized carbons (Fsp3) is 0.120. The third-order valence-electron chi connectivity index (χ3n) is 4.54. The first-order chi connectivity index (χ1) is 16.5. The van der Waals surface area contributed by atoms with Crippen LogP contribution < -0.4 is 25.5 Å². The quantitative estimate of drug-likeness (QED) is 0.270. The summed E-state index contributed by atoms with van der Waals surface area (Å²) in [6, 6.07) is 20.2. The van der Waals surface area contributed by atoms with Crippen LogP contribution in [0.5, 0.6) is 11.5 Å². The summed E-state index contributed by atoms with van der Waals surface area (Å²) in [7, 11) is 1.56. The fourth-order valence-electron chi connectivity index (χ4n) is 2.87. The van der Waals surface area contributed by atoms with Gasteiger partial charge in [-0.3, -0.25) is 14.4 Å². The van der Waals surface area contributed by atoms with Crippen LogP contribution in [0.15, 0.2) is 77.9 Å². The minimum Gasteiger partial charge on any atom is -0.497 e. The maximum Gasteiger partial charge on any atom is 0.329 e. The van der Waals surface area contributed by atoms with Crippen LogP contribution in [0.25, 0.3) is 0 Å². The second-order valence-electron chi connectivity index (χ2n) is 6.88. The SMILES string of the molecule is CCOc1ccc(NC(=O)c2ccccc2NC(=O)C(=O)N/N=C/c2ccc(OC)cc2)cc1. The van der Waals surface area contributed by atoms with Gasteiger partial charge in [0.1, 0.15) is 11.5 Å². The number of nitrogens with zero attached hydrogens (tertiary/aromatic N) is 1. The molecule has 0 aromatic heterocycles. The number of hydrogen-bond acceptors (Lipinski definition) is 6. The lowest BCUT2D eigenvalue weighted by Crippen LogP contribution is -2.33. The van der Waals surface area contributed by atoms with Gasteiger partial charge >= 0.3 is 11.8 Å². The van der Waals surface area contributed by atoms with Crippen LogP contribution in [0.2, 0.25) is 0 Å². The Balaban J connectivity index is 1.60. The van der Waals surface area contributed by atoms with E-state index in [1.807, 2.05) is 6.92 Å². The lowest BCUT2D eigenvalue weighted by atomic mass is 10.1. The molecular formula is C25H24N4O5. The number of hydrazone groups is 1. The van der Waals surface area contributed by atoms with Crippen LogP contribution >= 0.6 is 0 Å². The first-order valence-electron chi connectivity index (χ1n) is 10.4. The van der Waals surface area contributed by atoms with Gasteiger partial charge < -0.3 is 20.1 Å². The Morgan fingerprint density at radius 2 is 1.53 bits per heavy atom. The van der Waals surface area contributed by atoms with Crippen molar-refractivity contribution in [2.24, 2.45) is 5.10 Å². The van der Waals surface area contributed by atoms with E-state index in [4.69, 9.17) is 9.47 Å². The molecule has 0 aliphatic carbocycles. The number of ether oxygens (including phenoxy) is 2. The van der Waals surface area contributed by atoms with Gasteiger partial charge in [-0.05, 0) is 73.2 Å². The predicted octanol–water partition coefficient (Wildman–Crippen LogP) is 3.44. The average Bonchev–Trinajstić information content (AvgIpc) is 2.86. The third-order valence-corrected chi connectivity index (χ3v) is 4.54. The molecule has 3 N–H and O–H groups in total. The van der Waals surface area contributed by atoms with E-state index < -0.39 is 17.7 Å². The van der Waals surface area contributed by atoms with Crippen LogP contribution in [0.4, 0.5) is 11.4 Å². The number of nitrogens with one attached hydrogen (secondary N) is 3. The van der Waals surface area contributed by atoms with Crippen molar-refractivity contribution in [3.8, 4) is 11.5 Å². The molecule has 34 heavy (non-hydrogen) atoms. The van der Waals surface area contributed by atoms with Crippen LogP contribution in [-0.2, 0) is 9.59 Å². The number of methoxy groups -OCH3 is 1. The summed E-state index contributed by atoms with van der Waals surface area (Å²) in [6.45, 7) is 2.42. The molecule has 0 atom stereocenters. The normalized spacial score (nSPS) is 10.4. The Bertz CT molecular complexity index is 1170. The molecule has 0 heterocycles. The topological polar surface area (TPSA) is 118 Å². The van der Waals surface area contributed by atoms with Crippen LogP contribution in [0.1, 0.15) is 22.8 Å². The summed E-state index contributed by atoms with van der Waals surface area (Å²) in [6.07, 6.45) is 1.39. The molecule has 3 aromatic rings. The van der Waals surface area contributed by atoms with E-state index in [0.29, 0.717) is 29.4 Å². The van der Waals surface area contributed by atoms with Gasteiger partial charge in [0.15, 0.2) is 0 Å². The number of anilines is 2. The number of benzene rings is 3. The lowest BCUT2D eigenvalue weighted by Gasteiger charge is -2.11. The van der Waals surface area contributed by atoms with Crippen molar-refractivity contribution < 1.29 is 23.9 Å². The summed E-state index contributed by atoms with van der Waals surface area (Å²) < 4.78 is 10.5. The Labute approximate surface area is 196 Å². The molecule has 9 nitrogen and oxygen atoms in total. The molecule has 3 aromatic carbocycles. The van der Waals surface area contributed by atoms with Gasteiger partial charge in [-0.1, -0.05) is 12.1 Å². The molecule has 0 unspecified atom stereocenters. The van der Waals surface area contributed by atoms with E-state index in [2.05, 4.69) is 21.2 Å². The van der Waals surface area contributed by atoms with Gasteiger partial charge in [-0.25, -0.2) is 5.43 Å². The first-order valence-corrected chi connectivity index (χ1v) is 10.4. The highest BCUT2D eigenvalue weighted by Gasteiger charge is 2.17. The van der Waals surface area contributed by atoms with Crippen molar-refractivity contribution in [1.29, 1.82) is 0 Å². The molecule has 0 saturated carbocycles. The van der Waals surface area contributed by atoms with Crippen molar-refractivity contribution in [3.05, 3.63) is 83.9 Å². The predicted molar refractivity (Wildman–Crippen MR) is 129 cm³/mol. The molecule has 174 valence electrons. The summed E-state index contributed by atoms with van der Waals surface area (Å²) >= 11 is 0. The standard InChI is InChI=1S/C25H24N4O5/c1-3-34-20-14-10-18(11-15-20)27-23(30)21-6-4-5-7-22(21)28-24(31)25(32)29-26-16-17-8-12-19(33-2)13-9-17/h4-16H,3H2,1-2H3,(H,27,30)(H,28,31)(H,29,32)/b26-16+. The number of para-hydroxylation sites is 1. The molecule has 0 aliphatic rings. The summed E-state index contributed by atoms with van der Waals surface area (Å²) in [5.41, 5.74) is 3.80. The maximum atomic E-state index is 12.7. The second kappa shape index (κ2) is 11.8. The highest BCUT2D eigenvalue weighted by molar-refractivity contribution is 6.40. The van der Waals surface area contributed by atoms with Crippen LogP contribution in [0, 0.1) is 0 Å². The molecule has 0 bridgehead atoms. The molecule has 3 rings (SSSR count). The van der Waals surface area contributed by atoms with E-state index in [0.717, 1.165) is 0 Å². The largest absolute Gasteiger partial charge is 0.497 e. The van der Waals surface area contributed by atoms with Crippen molar-refractivity contribution in [2.75, 3.05) is 24.4 Å². The summed E-state index contributed by atoms with van der Waals surface area (Å²) in [5, 5.41) is 8.97. The Kier molecular flexibility index (Phi) is 8.34.